The topological polar surface area (TPSA) is 86.0 Å². The Bertz CT molecular complexity index is 1670. The van der Waals surface area contributed by atoms with Crippen LogP contribution >= 0.6 is 0 Å². The zero-order chi connectivity index (χ0) is 27.1. The first-order valence-electron chi connectivity index (χ1n) is 12.2. The van der Waals surface area contributed by atoms with Crippen LogP contribution < -0.4 is 19.8 Å². The number of ether oxygens (including phenoxy) is 2. The molecule has 0 spiro atoms. The fraction of sp³-hybridized carbons (Fsp3) is 0.194. The van der Waals surface area contributed by atoms with Gasteiger partial charge in [-0.3, -0.25) is 19.3 Å². The van der Waals surface area contributed by atoms with Crippen LogP contribution in [0.1, 0.15) is 56.1 Å². The molecule has 38 heavy (non-hydrogen) atoms. The number of anilines is 1. The van der Waals surface area contributed by atoms with E-state index < -0.39 is 11.9 Å². The Balaban J connectivity index is 1.76. The second-order valence-corrected chi connectivity index (χ2v) is 9.30. The van der Waals surface area contributed by atoms with Gasteiger partial charge in [0.25, 0.3) is 5.91 Å². The van der Waals surface area contributed by atoms with Crippen LogP contribution in [-0.4, -0.2) is 25.4 Å². The van der Waals surface area contributed by atoms with Crippen LogP contribution in [0.25, 0.3) is 11.0 Å². The standard InChI is InChI=1S/C31H27NO6/c1-6-13-37-24-12-9-21(16-26(24)36-5)28-27-29(34)23-14-17(2)18(3)15-25(23)38-30(27)31(35)32(28)22-10-7-20(8-11-22)19(4)33/h6-12,14-16,28H,1,13H2,2-5H3. The molecule has 7 heteroatoms. The van der Waals surface area contributed by atoms with E-state index in [-0.39, 0.29) is 22.5 Å². The van der Waals surface area contributed by atoms with Crippen LogP contribution in [0, 0.1) is 13.8 Å². The Labute approximate surface area is 219 Å². The van der Waals surface area contributed by atoms with Crippen LogP contribution in [0.2, 0.25) is 0 Å². The summed E-state index contributed by atoms with van der Waals surface area (Å²) in [6, 6.07) is 14.8. The summed E-state index contributed by atoms with van der Waals surface area (Å²) in [5, 5.41) is 0.413. The number of carbonyl (C=O) groups is 2. The second kappa shape index (κ2) is 9.67. The number of fused-ring (bicyclic) bond motifs is 2. The lowest BCUT2D eigenvalue weighted by molar-refractivity contribution is 0.0970. The third-order valence-corrected chi connectivity index (χ3v) is 6.90. The first-order chi connectivity index (χ1) is 18.2. The summed E-state index contributed by atoms with van der Waals surface area (Å²) < 4.78 is 17.4. The van der Waals surface area contributed by atoms with Crippen LogP contribution in [0.3, 0.4) is 0 Å². The first kappa shape index (κ1) is 25.0. The predicted molar refractivity (Wildman–Crippen MR) is 146 cm³/mol. The molecule has 1 amide bonds. The summed E-state index contributed by atoms with van der Waals surface area (Å²) in [5.74, 6) is 0.433. The minimum absolute atomic E-state index is 0.00246. The molecule has 4 aromatic rings. The van der Waals surface area contributed by atoms with Crippen molar-refractivity contribution in [1.29, 1.82) is 0 Å². The molecule has 0 fully saturated rings. The van der Waals surface area contributed by atoms with E-state index in [4.69, 9.17) is 13.9 Å². The number of methoxy groups -OCH3 is 1. The lowest BCUT2D eigenvalue weighted by Gasteiger charge is -2.26. The molecule has 0 N–H and O–H groups in total. The normalized spacial score (nSPS) is 14.5. The van der Waals surface area contributed by atoms with Crippen LogP contribution in [0.5, 0.6) is 11.5 Å². The van der Waals surface area contributed by atoms with E-state index in [1.54, 1.807) is 60.7 Å². The maximum Gasteiger partial charge on any atom is 0.295 e. The van der Waals surface area contributed by atoms with Gasteiger partial charge in [0.05, 0.1) is 24.1 Å². The van der Waals surface area contributed by atoms with Gasteiger partial charge in [0.15, 0.2) is 22.7 Å². The van der Waals surface area contributed by atoms with E-state index in [2.05, 4.69) is 6.58 Å². The average Bonchev–Trinajstić information content (AvgIpc) is 3.20. The number of hydrogen-bond acceptors (Lipinski definition) is 6. The van der Waals surface area contributed by atoms with Crippen molar-refractivity contribution in [3.63, 3.8) is 0 Å². The molecule has 3 aromatic carbocycles. The minimum Gasteiger partial charge on any atom is -0.493 e. The molecule has 1 atom stereocenters. The van der Waals surface area contributed by atoms with Crippen LogP contribution in [-0.2, 0) is 0 Å². The molecular formula is C31H27NO6. The summed E-state index contributed by atoms with van der Waals surface area (Å²) in [4.78, 5) is 41.2. The number of benzene rings is 3. The van der Waals surface area contributed by atoms with E-state index in [9.17, 15) is 14.4 Å². The molecule has 1 unspecified atom stereocenters. The average molecular weight is 510 g/mol. The van der Waals surface area contributed by atoms with Gasteiger partial charge in [-0.1, -0.05) is 18.7 Å². The summed E-state index contributed by atoms with van der Waals surface area (Å²) in [7, 11) is 1.53. The summed E-state index contributed by atoms with van der Waals surface area (Å²) in [6.45, 7) is 9.31. The van der Waals surface area contributed by atoms with Crippen molar-refractivity contribution >= 4 is 28.3 Å². The smallest absolute Gasteiger partial charge is 0.295 e. The molecule has 0 bridgehead atoms. The molecule has 0 radical (unpaired) electrons. The van der Waals surface area contributed by atoms with Crippen LogP contribution in [0.15, 0.2) is 76.5 Å². The lowest BCUT2D eigenvalue weighted by atomic mass is 9.96. The molecule has 7 nitrogen and oxygen atoms in total. The van der Waals surface area contributed by atoms with Gasteiger partial charge in [0.1, 0.15) is 12.2 Å². The highest BCUT2D eigenvalue weighted by Crippen LogP contribution is 2.43. The number of amides is 1. The fourth-order valence-corrected chi connectivity index (χ4v) is 4.79. The highest BCUT2D eigenvalue weighted by atomic mass is 16.5. The van der Waals surface area contributed by atoms with Crippen molar-refractivity contribution in [2.24, 2.45) is 0 Å². The van der Waals surface area contributed by atoms with E-state index in [0.717, 1.165) is 11.1 Å². The molecular weight excluding hydrogens is 482 g/mol. The molecule has 0 saturated carbocycles. The Morgan fingerprint density at radius 3 is 2.39 bits per heavy atom. The first-order valence-corrected chi connectivity index (χ1v) is 12.2. The van der Waals surface area contributed by atoms with Gasteiger partial charge in [-0.2, -0.15) is 0 Å². The molecule has 1 aromatic heterocycles. The third-order valence-electron chi connectivity index (χ3n) is 6.90. The highest BCUT2D eigenvalue weighted by Gasteiger charge is 2.44. The number of rotatable bonds is 7. The Kier molecular flexibility index (Phi) is 6.36. The van der Waals surface area contributed by atoms with E-state index in [1.807, 2.05) is 13.8 Å². The van der Waals surface area contributed by atoms with Crippen molar-refractivity contribution in [2.75, 3.05) is 18.6 Å². The fourth-order valence-electron chi connectivity index (χ4n) is 4.79. The number of carbonyl (C=O) groups excluding carboxylic acids is 2. The largest absolute Gasteiger partial charge is 0.493 e. The SMILES string of the molecule is C=CCOc1ccc(C2c3c(oc4cc(C)c(C)cc4c3=O)C(=O)N2c2ccc(C(C)=O)cc2)cc1OC. The maximum atomic E-state index is 13.9. The molecule has 192 valence electrons. The van der Waals surface area contributed by atoms with Gasteiger partial charge < -0.3 is 13.9 Å². The number of aryl methyl sites for hydroxylation is 2. The van der Waals surface area contributed by atoms with Crippen molar-refractivity contribution in [2.45, 2.75) is 26.8 Å². The Morgan fingerprint density at radius 1 is 1.03 bits per heavy atom. The molecule has 0 aliphatic carbocycles. The number of hydrogen-bond donors (Lipinski definition) is 0. The van der Waals surface area contributed by atoms with Gasteiger partial charge >= 0.3 is 0 Å². The summed E-state index contributed by atoms with van der Waals surface area (Å²) >= 11 is 0. The summed E-state index contributed by atoms with van der Waals surface area (Å²) in [6.07, 6.45) is 1.63. The summed E-state index contributed by atoms with van der Waals surface area (Å²) in [5.41, 5.74) is 3.95. The van der Waals surface area contributed by atoms with E-state index >= 15 is 0 Å². The van der Waals surface area contributed by atoms with Crippen molar-refractivity contribution in [3.05, 3.63) is 111 Å². The second-order valence-electron chi connectivity index (χ2n) is 9.30. The molecule has 0 saturated heterocycles. The number of nitrogens with zero attached hydrogens (tertiary/aromatic N) is 1. The molecule has 2 heterocycles. The van der Waals surface area contributed by atoms with E-state index in [0.29, 0.717) is 45.9 Å². The zero-order valence-electron chi connectivity index (χ0n) is 21.7. The lowest BCUT2D eigenvalue weighted by Crippen LogP contribution is -2.29. The van der Waals surface area contributed by atoms with Crippen molar-refractivity contribution < 1.29 is 23.5 Å². The van der Waals surface area contributed by atoms with Crippen molar-refractivity contribution in [3.8, 4) is 11.5 Å². The number of Topliss-reactive ketones (excluding diaryl/α,β-unsaturated/α-hetero) is 1. The predicted octanol–water partition coefficient (Wildman–Crippen LogP) is 5.94. The zero-order valence-corrected chi connectivity index (χ0v) is 21.7. The Hall–Kier alpha value is -4.65. The van der Waals surface area contributed by atoms with Gasteiger partial charge in [0.2, 0.25) is 5.76 Å². The van der Waals surface area contributed by atoms with Gasteiger partial charge in [0, 0.05) is 11.3 Å². The van der Waals surface area contributed by atoms with Gasteiger partial charge in [-0.25, -0.2) is 0 Å². The minimum atomic E-state index is -0.787. The van der Waals surface area contributed by atoms with Crippen LogP contribution in [0.4, 0.5) is 5.69 Å². The monoisotopic (exact) mass is 509 g/mol. The van der Waals surface area contributed by atoms with E-state index in [1.165, 1.54) is 18.9 Å². The quantitative estimate of drug-likeness (QED) is 0.227. The maximum absolute atomic E-state index is 13.9. The molecule has 5 rings (SSSR count). The molecule has 1 aliphatic rings. The molecule has 1 aliphatic heterocycles. The number of ketones is 1. The Morgan fingerprint density at radius 2 is 1.74 bits per heavy atom. The highest BCUT2D eigenvalue weighted by molar-refractivity contribution is 6.11. The van der Waals surface area contributed by atoms with Gasteiger partial charge in [-0.05, 0) is 86.0 Å². The third kappa shape index (κ3) is 4.06. The van der Waals surface area contributed by atoms with Gasteiger partial charge in [-0.15, -0.1) is 0 Å². The van der Waals surface area contributed by atoms with Crippen molar-refractivity contribution in [1.82, 2.24) is 0 Å².